The normalized spacial score (nSPS) is 18.5. The van der Waals surface area contributed by atoms with Crippen molar-refractivity contribution in [3.05, 3.63) is 33.8 Å². The van der Waals surface area contributed by atoms with Gasteiger partial charge in [-0.2, -0.15) is 0 Å². The molecule has 4 heteroatoms. The van der Waals surface area contributed by atoms with E-state index in [0.29, 0.717) is 5.92 Å². The monoisotopic (exact) mass is 301 g/mol. The quantitative estimate of drug-likeness (QED) is 0.867. The molecule has 0 bridgehead atoms. The molecule has 1 fully saturated rings. The molecule has 19 heavy (non-hydrogen) atoms. The standard InChI is InChI=1S/C15H21Cl2NO/c1-2-8-18-15(11-6-9-19-10-7-11)14-12(16)4-3-5-13(14)17/h3-5,11,15,18H,2,6-10H2,1H3. The third kappa shape index (κ3) is 3.85. The molecule has 1 saturated heterocycles. The van der Waals surface area contributed by atoms with Crippen molar-refractivity contribution in [2.45, 2.75) is 32.2 Å². The molecule has 106 valence electrons. The number of hydrogen-bond acceptors (Lipinski definition) is 2. The predicted molar refractivity (Wildman–Crippen MR) is 81.0 cm³/mol. The lowest BCUT2D eigenvalue weighted by Gasteiger charge is -2.32. The largest absolute Gasteiger partial charge is 0.381 e. The third-order valence-electron chi connectivity index (χ3n) is 3.66. The fraction of sp³-hybridized carbons (Fsp3) is 0.600. The van der Waals surface area contributed by atoms with Crippen molar-refractivity contribution < 1.29 is 4.74 Å². The molecule has 2 nitrogen and oxygen atoms in total. The van der Waals surface area contributed by atoms with E-state index in [1.54, 1.807) is 0 Å². The minimum absolute atomic E-state index is 0.227. The fourth-order valence-corrected chi connectivity index (χ4v) is 3.29. The summed E-state index contributed by atoms with van der Waals surface area (Å²) in [5.74, 6) is 0.540. The van der Waals surface area contributed by atoms with Gasteiger partial charge in [0.1, 0.15) is 0 Å². The van der Waals surface area contributed by atoms with E-state index >= 15 is 0 Å². The minimum Gasteiger partial charge on any atom is -0.381 e. The Morgan fingerprint density at radius 3 is 2.47 bits per heavy atom. The van der Waals surface area contributed by atoms with Gasteiger partial charge in [-0.25, -0.2) is 0 Å². The van der Waals surface area contributed by atoms with Crippen LogP contribution in [0.15, 0.2) is 18.2 Å². The summed E-state index contributed by atoms with van der Waals surface area (Å²) < 4.78 is 5.46. The Kier molecular flexibility index (Phi) is 5.96. The number of benzene rings is 1. The smallest absolute Gasteiger partial charge is 0.0469 e. The van der Waals surface area contributed by atoms with Gasteiger partial charge in [0, 0.05) is 34.9 Å². The van der Waals surface area contributed by atoms with Gasteiger partial charge in [-0.1, -0.05) is 36.2 Å². The number of hydrogen-bond donors (Lipinski definition) is 1. The molecule has 0 aromatic heterocycles. The van der Waals surface area contributed by atoms with E-state index in [4.69, 9.17) is 27.9 Å². The summed E-state index contributed by atoms with van der Waals surface area (Å²) in [6, 6.07) is 5.96. The molecule has 0 aliphatic carbocycles. The molecule has 1 N–H and O–H groups in total. The average molecular weight is 302 g/mol. The van der Waals surface area contributed by atoms with Gasteiger partial charge >= 0.3 is 0 Å². The lowest BCUT2D eigenvalue weighted by atomic mass is 9.87. The Labute approximate surface area is 125 Å². The summed E-state index contributed by atoms with van der Waals surface area (Å²) in [4.78, 5) is 0. The van der Waals surface area contributed by atoms with Crippen LogP contribution in [0.3, 0.4) is 0 Å². The van der Waals surface area contributed by atoms with Crippen molar-refractivity contribution in [3.8, 4) is 0 Å². The van der Waals surface area contributed by atoms with Crippen LogP contribution >= 0.6 is 23.2 Å². The van der Waals surface area contributed by atoms with Gasteiger partial charge in [0.05, 0.1) is 0 Å². The van der Waals surface area contributed by atoms with Crippen LogP contribution in [-0.4, -0.2) is 19.8 Å². The molecule has 0 radical (unpaired) electrons. The van der Waals surface area contributed by atoms with Gasteiger partial charge in [-0.15, -0.1) is 0 Å². The van der Waals surface area contributed by atoms with Crippen molar-refractivity contribution >= 4 is 23.2 Å². The van der Waals surface area contributed by atoms with E-state index in [2.05, 4.69) is 12.2 Å². The van der Waals surface area contributed by atoms with E-state index in [-0.39, 0.29) is 6.04 Å². The van der Waals surface area contributed by atoms with Crippen LogP contribution in [0.1, 0.15) is 37.8 Å². The van der Waals surface area contributed by atoms with Gasteiger partial charge in [-0.05, 0) is 43.9 Å². The molecule has 1 heterocycles. The topological polar surface area (TPSA) is 21.3 Å². The van der Waals surface area contributed by atoms with E-state index < -0.39 is 0 Å². The summed E-state index contributed by atoms with van der Waals surface area (Å²) in [5, 5.41) is 5.13. The first-order valence-electron chi connectivity index (χ1n) is 6.99. The van der Waals surface area contributed by atoms with Crippen molar-refractivity contribution in [2.75, 3.05) is 19.8 Å². The molecule has 1 aliphatic rings. The first-order valence-corrected chi connectivity index (χ1v) is 7.74. The zero-order valence-corrected chi connectivity index (χ0v) is 12.8. The summed E-state index contributed by atoms with van der Waals surface area (Å²) in [5.41, 5.74) is 1.05. The maximum Gasteiger partial charge on any atom is 0.0469 e. The lowest BCUT2D eigenvalue weighted by molar-refractivity contribution is 0.0536. The van der Waals surface area contributed by atoms with Gasteiger partial charge in [0.15, 0.2) is 0 Å². The number of halogens is 2. The molecule has 1 aliphatic heterocycles. The van der Waals surface area contributed by atoms with Gasteiger partial charge < -0.3 is 10.1 Å². The van der Waals surface area contributed by atoms with Crippen LogP contribution in [0.5, 0.6) is 0 Å². The van der Waals surface area contributed by atoms with Crippen LogP contribution in [0, 0.1) is 5.92 Å². The van der Waals surface area contributed by atoms with E-state index in [1.165, 1.54) is 0 Å². The first kappa shape index (κ1) is 15.1. The molecule has 0 saturated carbocycles. The molecule has 1 atom stereocenters. The SMILES string of the molecule is CCCNC(c1c(Cl)cccc1Cl)C1CCOCC1. The average Bonchev–Trinajstić information content (AvgIpc) is 2.43. The number of rotatable bonds is 5. The maximum absolute atomic E-state index is 6.37. The molecular formula is C15H21Cl2NO. The molecule has 2 rings (SSSR count). The Bertz CT molecular complexity index is 385. The van der Waals surface area contributed by atoms with Gasteiger partial charge in [-0.3, -0.25) is 0 Å². The zero-order valence-electron chi connectivity index (χ0n) is 11.3. The highest BCUT2D eigenvalue weighted by molar-refractivity contribution is 6.36. The fourth-order valence-electron chi connectivity index (χ4n) is 2.66. The second kappa shape index (κ2) is 7.49. The highest BCUT2D eigenvalue weighted by atomic mass is 35.5. The Hall–Kier alpha value is -0.280. The summed E-state index contributed by atoms with van der Waals surface area (Å²) in [6.07, 6.45) is 3.22. The first-order chi connectivity index (χ1) is 9.24. The minimum atomic E-state index is 0.227. The second-order valence-electron chi connectivity index (χ2n) is 5.02. The predicted octanol–water partition coefficient (Wildman–Crippen LogP) is 4.46. The molecule has 1 aromatic rings. The van der Waals surface area contributed by atoms with Crippen LogP contribution < -0.4 is 5.32 Å². The van der Waals surface area contributed by atoms with Crippen LogP contribution in [0.4, 0.5) is 0 Å². The van der Waals surface area contributed by atoms with Crippen LogP contribution in [0.25, 0.3) is 0 Å². The molecular weight excluding hydrogens is 281 g/mol. The highest BCUT2D eigenvalue weighted by Gasteiger charge is 2.28. The van der Waals surface area contributed by atoms with Crippen LogP contribution in [0.2, 0.25) is 10.0 Å². The maximum atomic E-state index is 6.37. The lowest BCUT2D eigenvalue weighted by Crippen LogP contribution is -2.33. The zero-order chi connectivity index (χ0) is 13.7. The molecule has 1 aromatic carbocycles. The third-order valence-corrected chi connectivity index (χ3v) is 4.32. The van der Waals surface area contributed by atoms with E-state index in [0.717, 1.165) is 54.6 Å². The Morgan fingerprint density at radius 1 is 1.26 bits per heavy atom. The van der Waals surface area contributed by atoms with Gasteiger partial charge in [0.2, 0.25) is 0 Å². The Balaban J connectivity index is 2.25. The van der Waals surface area contributed by atoms with Crippen molar-refractivity contribution in [1.29, 1.82) is 0 Å². The summed E-state index contributed by atoms with van der Waals surface area (Å²) >= 11 is 12.7. The van der Waals surface area contributed by atoms with Crippen molar-refractivity contribution in [3.63, 3.8) is 0 Å². The molecule has 0 amide bonds. The molecule has 1 unspecified atom stereocenters. The van der Waals surface area contributed by atoms with Crippen molar-refractivity contribution in [1.82, 2.24) is 5.32 Å². The van der Waals surface area contributed by atoms with E-state index in [9.17, 15) is 0 Å². The molecule has 0 spiro atoms. The summed E-state index contributed by atoms with van der Waals surface area (Å²) in [6.45, 7) is 4.81. The highest BCUT2D eigenvalue weighted by Crippen LogP contribution is 2.37. The Morgan fingerprint density at radius 2 is 1.89 bits per heavy atom. The van der Waals surface area contributed by atoms with E-state index in [1.807, 2.05) is 18.2 Å². The van der Waals surface area contributed by atoms with Gasteiger partial charge in [0.25, 0.3) is 0 Å². The second-order valence-corrected chi connectivity index (χ2v) is 5.83. The van der Waals surface area contributed by atoms with Crippen LogP contribution in [-0.2, 0) is 4.74 Å². The summed E-state index contributed by atoms with van der Waals surface area (Å²) in [7, 11) is 0. The number of nitrogens with one attached hydrogen (secondary N) is 1. The number of ether oxygens (including phenoxy) is 1. The van der Waals surface area contributed by atoms with Crippen molar-refractivity contribution in [2.24, 2.45) is 5.92 Å².